The third-order valence-electron chi connectivity index (χ3n) is 5.67. The minimum atomic E-state index is -0.183. The van der Waals surface area contributed by atoms with Gasteiger partial charge in [0.05, 0.1) is 12.7 Å². The number of ether oxygens (including phenoxy) is 2. The van der Waals surface area contributed by atoms with E-state index in [0.29, 0.717) is 12.7 Å². The van der Waals surface area contributed by atoms with E-state index in [4.69, 9.17) is 9.47 Å². The Labute approximate surface area is 209 Å². The van der Waals surface area contributed by atoms with Crippen molar-refractivity contribution >= 4 is 35.6 Å². The van der Waals surface area contributed by atoms with Crippen molar-refractivity contribution in [1.82, 2.24) is 15.5 Å². The van der Waals surface area contributed by atoms with Gasteiger partial charge in [-0.1, -0.05) is 0 Å². The Bertz CT molecular complexity index is 650. The summed E-state index contributed by atoms with van der Waals surface area (Å²) in [7, 11) is 0. The molecule has 9 heteroatoms. The Morgan fingerprint density at radius 3 is 2.66 bits per heavy atom. The molecule has 0 aliphatic carbocycles. The van der Waals surface area contributed by atoms with Crippen molar-refractivity contribution in [1.29, 1.82) is 0 Å². The zero-order valence-corrected chi connectivity index (χ0v) is 21.6. The average molecular weight is 564 g/mol. The molecule has 0 saturated carbocycles. The molecular weight excluding hydrogens is 524 g/mol. The van der Waals surface area contributed by atoms with E-state index < -0.39 is 0 Å². The number of guanidine groups is 1. The fourth-order valence-corrected chi connectivity index (χ4v) is 3.90. The van der Waals surface area contributed by atoms with Gasteiger partial charge in [0.25, 0.3) is 0 Å². The molecule has 0 bridgehead atoms. The molecular formula is C23H39FIN5O2. The lowest BCUT2D eigenvalue weighted by atomic mass is 10.2. The Kier molecular flexibility index (Phi) is 13.2. The van der Waals surface area contributed by atoms with Gasteiger partial charge < -0.3 is 25.0 Å². The first-order valence-corrected chi connectivity index (χ1v) is 11.7. The second-order valence-electron chi connectivity index (χ2n) is 8.06. The Morgan fingerprint density at radius 1 is 1.19 bits per heavy atom. The van der Waals surface area contributed by atoms with Gasteiger partial charge in [-0.15, -0.1) is 24.0 Å². The molecule has 2 fully saturated rings. The molecule has 32 heavy (non-hydrogen) atoms. The second-order valence-corrected chi connectivity index (χ2v) is 8.06. The second kappa shape index (κ2) is 15.6. The van der Waals surface area contributed by atoms with E-state index in [1.807, 2.05) is 12.1 Å². The van der Waals surface area contributed by atoms with Crippen molar-refractivity contribution < 1.29 is 13.9 Å². The maximum absolute atomic E-state index is 13.1. The summed E-state index contributed by atoms with van der Waals surface area (Å²) in [5, 5.41) is 6.74. The van der Waals surface area contributed by atoms with Crippen molar-refractivity contribution in [2.24, 2.45) is 4.99 Å². The lowest BCUT2D eigenvalue weighted by molar-refractivity contribution is 0.0171. The molecule has 0 aromatic heterocycles. The third kappa shape index (κ3) is 9.76. The Balaban J connectivity index is 0.00000363. The largest absolute Gasteiger partial charge is 0.379 e. The minimum absolute atomic E-state index is 0. The van der Waals surface area contributed by atoms with Gasteiger partial charge >= 0.3 is 0 Å². The highest BCUT2D eigenvalue weighted by Crippen LogP contribution is 2.16. The van der Waals surface area contributed by atoms with Crippen molar-refractivity contribution in [2.75, 3.05) is 77.1 Å². The normalized spacial score (nSPS) is 19.6. The van der Waals surface area contributed by atoms with Crippen LogP contribution in [0, 0.1) is 5.82 Å². The monoisotopic (exact) mass is 563 g/mol. The predicted octanol–water partition coefficient (Wildman–Crippen LogP) is 2.71. The van der Waals surface area contributed by atoms with E-state index in [1.54, 1.807) is 0 Å². The van der Waals surface area contributed by atoms with Crippen LogP contribution in [0.5, 0.6) is 0 Å². The van der Waals surface area contributed by atoms with E-state index >= 15 is 0 Å². The molecule has 7 nitrogen and oxygen atoms in total. The Morgan fingerprint density at radius 2 is 1.97 bits per heavy atom. The van der Waals surface area contributed by atoms with Crippen LogP contribution in [-0.2, 0) is 9.47 Å². The van der Waals surface area contributed by atoms with Crippen LogP contribution in [0.3, 0.4) is 0 Å². The number of nitrogens with zero attached hydrogens (tertiary/aromatic N) is 3. The fraction of sp³-hybridized carbons (Fsp3) is 0.696. The van der Waals surface area contributed by atoms with E-state index in [1.165, 1.54) is 12.1 Å². The lowest BCUT2D eigenvalue weighted by Crippen LogP contribution is -2.49. The first-order valence-electron chi connectivity index (χ1n) is 11.7. The van der Waals surface area contributed by atoms with Crippen LogP contribution in [0.25, 0.3) is 0 Å². The van der Waals surface area contributed by atoms with Crippen LogP contribution in [0.2, 0.25) is 0 Å². The number of rotatable bonds is 11. The number of hydrogen-bond donors (Lipinski definition) is 2. The highest BCUT2D eigenvalue weighted by atomic mass is 127. The van der Waals surface area contributed by atoms with Crippen molar-refractivity contribution in [2.45, 2.75) is 32.3 Å². The molecule has 0 amide bonds. The van der Waals surface area contributed by atoms with Gasteiger partial charge in [-0.05, 0) is 50.5 Å². The van der Waals surface area contributed by atoms with Gasteiger partial charge in [0.2, 0.25) is 0 Å². The molecule has 1 unspecified atom stereocenters. The summed E-state index contributed by atoms with van der Waals surface area (Å²) in [6.45, 7) is 11.8. The van der Waals surface area contributed by atoms with E-state index in [-0.39, 0.29) is 29.8 Å². The molecule has 2 N–H and O–H groups in total. The third-order valence-corrected chi connectivity index (χ3v) is 5.67. The highest BCUT2D eigenvalue weighted by molar-refractivity contribution is 14.0. The maximum Gasteiger partial charge on any atom is 0.191 e. The van der Waals surface area contributed by atoms with Crippen LogP contribution in [-0.4, -0.2) is 89.1 Å². The number of aliphatic imine (C=N–C) groups is 1. The van der Waals surface area contributed by atoms with Crippen molar-refractivity contribution in [3.8, 4) is 0 Å². The summed E-state index contributed by atoms with van der Waals surface area (Å²) in [6, 6.07) is 6.78. The van der Waals surface area contributed by atoms with Gasteiger partial charge in [0.15, 0.2) is 5.96 Å². The molecule has 1 atom stereocenters. The number of piperazine rings is 1. The fourth-order valence-electron chi connectivity index (χ4n) is 3.90. The standard InChI is InChI=1S/C23H38FN5O2.HI/c1-2-25-23(26-10-4-17-30-19-22-5-3-18-31-22)27-11-12-28-13-15-29(16-14-28)21-8-6-20(24)7-9-21;/h6-9,22H,2-5,10-19H2,1H3,(H2,25,26,27);1H. The maximum atomic E-state index is 13.1. The summed E-state index contributed by atoms with van der Waals surface area (Å²) in [5.74, 6) is 0.685. The predicted molar refractivity (Wildman–Crippen MR) is 139 cm³/mol. The highest BCUT2D eigenvalue weighted by Gasteiger charge is 2.17. The minimum Gasteiger partial charge on any atom is -0.379 e. The van der Waals surface area contributed by atoms with E-state index in [0.717, 1.165) is 96.5 Å². The first kappa shape index (κ1) is 27.1. The Hall–Kier alpha value is -1.17. The summed E-state index contributed by atoms with van der Waals surface area (Å²) < 4.78 is 24.4. The van der Waals surface area contributed by atoms with Crippen LogP contribution in [0.15, 0.2) is 29.3 Å². The zero-order chi connectivity index (χ0) is 21.7. The van der Waals surface area contributed by atoms with Crippen LogP contribution in [0.4, 0.5) is 10.1 Å². The zero-order valence-electron chi connectivity index (χ0n) is 19.2. The van der Waals surface area contributed by atoms with Gasteiger partial charge in [0, 0.05) is 71.3 Å². The average Bonchev–Trinajstić information content (AvgIpc) is 3.31. The summed E-state index contributed by atoms with van der Waals surface area (Å²) in [4.78, 5) is 9.42. The summed E-state index contributed by atoms with van der Waals surface area (Å²) >= 11 is 0. The van der Waals surface area contributed by atoms with Gasteiger partial charge in [-0.2, -0.15) is 0 Å². The SMILES string of the molecule is CCNC(=NCCCOCC1CCCO1)NCCN1CCN(c2ccc(F)cc2)CC1.I. The van der Waals surface area contributed by atoms with Gasteiger partial charge in [-0.3, -0.25) is 9.89 Å². The lowest BCUT2D eigenvalue weighted by Gasteiger charge is -2.36. The molecule has 2 aliphatic heterocycles. The van der Waals surface area contributed by atoms with Crippen LogP contribution < -0.4 is 15.5 Å². The van der Waals surface area contributed by atoms with Crippen LogP contribution >= 0.6 is 24.0 Å². The molecule has 1 aromatic carbocycles. The van der Waals surface area contributed by atoms with Crippen molar-refractivity contribution in [3.05, 3.63) is 30.1 Å². The number of benzene rings is 1. The topological polar surface area (TPSA) is 61.4 Å². The van der Waals surface area contributed by atoms with Gasteiger partial charge in [0.1, 0.15) is 5.82 Å². The van der Waals surface area contributed by atoms with E-state index in [2.05, 4.69) is 32.3 Å². The molecule has 1 aromatic rings. The number of halogens is 2. The number of anilines is 1. The van der Waals surface area contributed by atoms with Gasteiger partial charge in [-0.25, -0.2) is 4.39 Å². The van der Waals surface area contributed by atoms with Crippen LogP contribution in [0.1, 0.15) is 26.2 Å². The summed E-state index contributed by atoms with van der Waals surface area (Å²) in [6.07, 6.45) is 3.47. The molecule has 0 spiro atoms. The molecule has 0 radical (unpaired) electrons. The summed E-state index contributed by atoms with van der Waals surface area (Å²) in [5.41, 5.74) is 1.10. The molecule has 182 valence electrons. The molecule has 2 aliphatic rings. The first-order chi connectivity index (χ1) is 15.2. The quantitative estimate of drug-likeness (QED) is 0.187. The van der Waals surface area contributed by atoms with Crippen molar-refractivity contribution in [3.63, 3.8) is 0 Å². The smallest absolute Gasteiger partial charge is 0.191 e. The molecule has 2 saturated heterocycles. The van der Waals surface area contributed by atoms with E-state index in [9.17, 15) is 4.39 Å². The number of nitrogens with one attached hydrogen (secondary N) is 2. The number of hydrogen-bond acceptors (Lipinski definition) is 5. The molecule has 3 rings (SSSR count). The molecule has 2 heterocycles.